The van der Waals surface area contributed by atoms with Crippen LogP contribution in [0.15, 0.2) is 45.1 Å². The van der Waals surface area contributed by atoms with Gasteiger partial charge in [0, 0.05) is 30.7 Å². The van der Waals surface area contributed by atoms with E-state index in [1.807, 2.05) is 12.1 Å². The van der Waals surface area contributed by atoms with Crippen LogP contribution in [-0.4, -0.2) is 56.3 Å². The first kappa shape index (κ1) is 19.6. The largest absolute Gasteiger partial charge is 0.484 e. The minimum atomic E-state index is -3.56. The molecule has 0 atom stereocenters. The Morgan fingerprint density at radius 3 is 2.35 bits per heavy atom. The van der Waals surface area contributed by atoms with Crippen molar-refractivity contribution in [2.24, 2.45) is 0 Å². The molecule has 0 spiro atoms. The molecule has 2 aromatic rings. The minimum Gasteiger partial charge on any atom is -0.484 e. The lowest BCUT2D eigenvalue weighted by atomic mass is 10.3. The molecule has 1 amide bonds. The summed E-state index contributed by atoms with van der Waals surface area (Å²) in [6.45, 7) is 1.10. The molecular weight excluding hydrogens is 464 g/mol. The van der Waals surface area contributed by atoms with Crippen molar-refractivity contribution in [2.75, 3.05) is 32.8 Å². The lowest BCUT2D eigenvalue weighted by Crippen LogP contribution is -2.51. The molecule has 0 saturated carbocycles. The molecule has 2 heterocycles. The van der Waals surface area contributed by atoms with Crippen LogP contribution in [0.3, 0.4) is 0 Å². The number of rotatable bonds is 5. The lowest BCUT2D eigenvalue weighted by molar-refractivity contribution is -0.134. The average Bonchev–Trinajstić information content (AvgIpc) is 3.08. The number of carbonyl (C=O) groups excluding carboxylic acids is 1. The standard InChI is InChI=1S/C16H16BrClN2O4S2/c17-12-1-3-13(4-2-12)24-11-15(21)19-7-9-20(10-8-19)26(22,23)16-6-5-14(18)25-16/h1-6H,7-11H2. The molecule has 1 aliphatic rings. The van der Waals surface area contributed by atoms with Crippen LogP contribution in [0.1, 0.15) is 0 Å². The molecule has 10 heteroatoms. The van der Waals surface area contributed by atoms with Crippen LogP contribution >= 0.6 is 38.9 Å². The number of piperazine rings is 1. The van der Waals surface area contributed by atoms with E-state index in [0.717, 1.165) is 15.8 Å². The van der Waals surface area contributed by atoms with Gasteiger partial charge in [0.1, 0.15) is 9.96 Å². The van der Waals surface area contributed by atoms with E-state index in [1.165, 1.54) is 10.4 Å². The van der Waals surface area contributed by atoms with Gasteiger partial charge < -0.3 is 9.64 Å². The van der Waals surface area contributed by atoms with Gasteiger partial charge in [-0.15, -0.1) is 11.3 Å². The van der Waals surface area contributed by atoms with Gasteiger partial charge in [-0.3, -0.25) is 4.79 Å². The molecule has 1 saturated heterocycles. The summed E-state index contributed by atoms with van der Waals surface area (Å²) in [6.07, 6.45) is 0. The van der Waals surface area contributed by atoms with Crippen molar-refractivity contribution in [3.8, 4) is 5.75 Å². The topological polar surface area (TPSA) is 66.9 Å². The predicted octanol–water partition coefficient (Wildman–Crippen LogP) is 3.08. The van der Waals surface area contributed by atoms with Crippen molar-refractivity contribution in [3.63, 3.8) is 0 Å². The van der Waals surface area contributed by atoms with Gasteiger partial charge in [-0.05, 0) is 36.4 Å². The van der Waals surface area contributed by atoms with E-state index < -0.39 is 10.0 Å². The summed E-state index contributed by atoms with van der Waals surface area (Å²) in [6, 6.07) is 10.3. The Labute approximate surface area is 169 Å². The molecule has 1 aromatic heterocycles. The first-order valence-corrected chi connectivity index (χ1v) is 11.2. The number of thiophene rings is 1. The zero-order valence-corrected chi connectivity index (χ0v) is 17.6. The van der Waals surface area contributed by atoms with Gasteiger partial charge in [-0.25, -0.2) is 8.42 Å². The summed E-state index contributed by atoms with van der Waals surface area (Å²) in [5.74, 6) is 0.446. The number of ether oxygens (including phenoxy) is 1. The number of halogens is 2. The molecule has 0 radical (unpaired) electrons. The van der Waals surface area contributed by atoms with Crippen molar-refractivity contribution in [3.05, 3.63) is 45.2 Å². The first-order valence-electron chi connectivity index (χ1n) is 7.78. The van der Waals surface area contributed by atoms with Crippen molar-refractivity contribution >= 4 is 54.8 Å². The van der Waals surface area contributed by atoms with E-state index >= 15 is 0 Å². The highest BCUT2D eigenvalue weighted by Gasteiger charge is 2.31. The predicted molar refractivity (Wildman–Crippen MR) is 104 cm³/mol. The summed E-state index contributed by atoms with van der Waals surface area (Å²) in [5, 5.41) is 0. The number of benzene rings is 1. The molecule has 1 aliphatic heterocycles. The van der Waals surface area contributed by atoms with Gasteiger partial charge in [0.2, 0.25) is 0 Å². The minimum absolute atomic E-state index is 0.0745. The monoisotopic (exact) mass is 478 g/mol. The van der Waals surface area contributed by atoms with Crippen LogP contribution < -0.4 is 4.74 Å². The van der Waals surface area contributed by atoms with Crippen LogP contribution in [0.4, 0.5) is 0 Å². The maximum Gasteiger partial charge on any atom is 0.260 e. The van der Waals surface area contributed by atoms with E-state index in [9.17, 15) is 13.2 Å². The van der Waals surface area contributed by atoms with E-state index in [2.05, 4.69) is 15.9 Å². The number of amides is 1. The second kappa shape index (κ2) is 8.26. The number of carbonyl (C=O) groups is 1. The van der Waals surface area contributed by atoms with Crippen molar-refractivity contribution in [1.82, 2.24) is 9.21 Å². The fourth-order valence-electron chi connectivity index (χ4n) is 2.51. The maximum atomic E-state index is 12.6. The quantitative estimate of drug-likeness (QED) is 0.661. The van der Waals surface area contributed by atoms with Gasteiger partial charge in [0.25, 0.3) is 15.9 Å². The molecule has 0 aliphatic carbocycles. The van der Waals surface area contributed by atoms with E-state index in [4.69, 9.17) is 16.3 Å². The fourth-order valence-corrected chi connectivity index (χ4v) is 5.83. The SMILES string of the molecule is O=C(COc1ccc(Br)cc1)N1CCN(S(=O)(=O)c2ccc(Cl)s2)CC1. The summed E-state index contributed by atoms with van der Waals surface area (Å²) >= 11 is 10.2. The average molecular weight is 480 g/mol. The molecular formula is C16H16BrClN2O4S2. The van der Waals surface area contributed by atoms with Gasteiger partial charge in [-0.2, -0.15) is 4.31 Å². The second-order valence-corrected chi connectivity index (χ2v) is 10.4. The van der Waals surface area contributed by atoms with E-state index in [-0.39, 0.29) is 29.8 Å². The van der Waals surface area contributed by atoms with E-state index in [1.54, 1.807) is 23.1 Å². The third-order valence-corrected chi connectivity index (χ3v) is 8.04. The molecule has 0 unspecified atom stereocenters. The summed E-state index contributed by atoms with van der Waals surface area (Å²) < 4.78 is 33.6. The Morgan fingerprint density at radius 1 is 1.12 bits per heavy atom. The van der Waals surface area contributed by atoms with Crippen molar-refractivity contribution < 1.29 is 17.9 Å². The summed E-state index contributed by atoms with van der Waals surface area (Å²) in [7, 11) is -3.56. The van der Waals surface area contributed by atoms with Gasteiger partial charge in [0.15, 0.2) is 6.61 Å². The smallest absolute Gasteiger partial charge is 0.260 e. The second-order valence-electron chi connectivity index (χ2n) is 5.59. The molecule has 6 nitrogen and oxygen atoms in total. The Kier molecular flexibility index (Phi) is 6.24. The fraction of sp³-hybridized carbons (Fsp3) is 0.312. The summed E-state index contributed by atoms with van der Waals surface area (Å²) in [5.41, 5.74) is 0. The molecule has 1 aromatic carbocycles. The van der Waals surface area contributed by atoms with Crippen molar-refractivity contribution in [2.45, 2.75) is 4.21 Å². The van der Waals surface area contributed by atoms with Crippen LogP contribution in [0.5, 0.6) is 5.75 Å². The molecule has 0 N–H and O–H groups in total. The van der Waals surface area contributed by atoms with Gasteiger partial charge in [0.05, 0.1) is 4.34 Å². The number of hydrogen-bond acceptors (Lipinski definition) is 5. The lowest BCUT2D eigenvalue weighted by Gasteiger charge is -2.33. The molecule has 3 rings (SSSR count). The Hall–Kier alpha value is -1.13. The van der Waals surface area contributed by atoms with Crippen molar-refractivity contribution in [1.29, 1.82) is 0 Å². The maximum absolute atomic E-state index is 12.6. The molecule has 26 heavy (non-hydrogen) atoms. The molecule has 1 fully saturated rings. The highest BCUT2D eigenvalue weighted by Crippen LogP contribution is 2.28. The third kappa shape index (κ3) is 4.58. The Balaban J connectivity index is 1.53. The van der Waals surface area contributed by atoms with E-state index in [0.29, 0.717) is 23.2 Å². The van der Waals surface area contributed by atoms with Crippen LogP contribution in [0.25, 0.3) is 0 Å². The highest BCUT2D eigenvalue weighted by molar-refractivity contribution is 9.10. The van der Waals surface area contributed by atoms with Gasteiger partial charge >= 0.3 is 0 Å². The summed E-state index contributed by atoms with van der Waals surface area (Å²) in [4.78, 5) is 13.9. The normalized spacial score (nSPS) is 15.8. The Morgan fingerprint density at radius 2 is 1.77 bits per heavy atom. The number of sulfonamides is 1. The molecule has 0 bridgehead atoms. The number of nitrogens with zero attached hydrogens (tertiary/aromatic N) is 2. The molecule has 140 valence electrons. The zero-order valence-electron chi connectivity index (χ0n) is 13.6. The van der Waals surface area contributed by atoms with Gasteiger partial charge in [-0.1, -0.05) is 27.5 Å². The number of hydrogen-bond donors (Lipinski definition) is 0. The van der Waals surface area contributed by atoms with Crippen LogP contribution in [0, 0.1) is 0 Å². The van der Waals surface area contributed by atoms with Crippen LogP contribution in [-0.2, 0) is 14.8 Å². The third-order valence-electron chi connectivity index (χ3n) is 3.91. The first-order chi connectivity index (χ1) is 12.4. The zero-order chi connectivity index (χ0) is 18.7. The van der Waals surface area contributed by atoms with Crippen LogP contribution in [0.2, 0.25) is 4.34 Å². The highest BCUT2D eigenvalue weighted by atomic mass is 79.9. The Bertz CT molecular complexity index is 878.